The van der Waals surface area contributed by atoms with E-state index in [9.17, 15) is 14.4 Å². The molecule has 0 bridgehead atoms. The summed E-state index contributed by atoms with van der Waals surface area (Å²) in [6, 6.07) is 0.798. The highest BCUT2D eigenvalue weighted by Gasteiger charge is 2.25. The number of hydrogen-bond acceptors (Lipinski definition) is 5. The van der Waals surface area contributed by atoms with E-state index < -0.39 is 11.9 Å². The van der Waals surface area contributed by atoms with Gasteiger partial charge in [0.2, 0.25) is 5.91 Å². The van der Waals surface area contributed by atoms with Crippen molar-refractivity contribution in [3.05, 3.63) is 11.6 Å². The molecule has 1 aromatic heterocycles. The van der Waals surface area contributed by atoms with Crippen LogP contribution < -0.4 is 27.8 Å². The van der Waals surface area contributed by atoms with Crippen molar-refractivity contribution in [2.45, 2.75) is 31.7 Å². The summed E-state index contributed by atoms with van der Waals surface area (Å²) < 4.78 is 0. The monoisotopic (exact) mass is 325 g/mol. The van der Waals surface area contributed by atoms with Gasteiger partial charge >= 0.3 is 6.03 Å². The first-order valence-electron chi connectivity index (χ1n) is 6.93. The number of nitrogens with one attached hydrogen (secondary N) is 2. The highest BCUT2D eigenvalue weighted by molar-refractivity contribution is 7.20. The third-order valence-electron chi connectivity index (χ3n) is 3.62. The molecule has 0 radical (unpaired) electrons. The van der Waals surface area contributed by atoms with E-state index in [1.807, 2.05) is 0 Å². The SMILES string of the molecule is NC(=O)Nc1sc(NC(=O)C2CCC(N)CC2)cc1C(N)=O. The van der Waals surface area contributed by atoms with Crippen LogP contribution in [0.1, 0.15) is 36.0 Å². The maximum atomic E-state index is 12.2. The lowest BCUT2D eigenvalue weighted by molar-refractivity contribution is -0.120. The van der Waals surface area contributed by atoms with Gasteiger partial charge in [0.15, 0.2) is 0 Å². The molecule has 1 aliphatic carbocycles. The van der Waals surface area contributed by atoms with Crippen LogP contribution in [0.4, 0.5) is 14.8 Å². The van der Waals surface area contributed by atoms with Crippen molar-refractivity contribution >= 4 is 39.2 Å². The van der Waals surface area contributed by atoms with Crippen LogP contribution in [0.15, 0.2) is 6.07 Å². The number of nitrogens with two attached hydrogens (primary N) is 3. The molecule has 0 aliphatic heterocycles. The molecule has 8 nitrogen and oxygen atoms in total. The van der Waals surface area contributed by atoms with E-state index >= 15 is 0 Å². The summed E-state index contributed by atoms with van der Waals surface area (Å²) in [6.45, 7) is 0. The molecule has 0 unspecified atom stereocenters. The quantitative estimate of drug-likeness (QED) is 0.555. The molecule has 0 spiro atoms. The summed E-state index contributed by atoms with van der Waals surface area (Å²) in [4.78, 5) is 34.5. The van der Waals surface area contributed by atoms with Gasteiger partial charge in [0.25, 0.3) is 5.91 Å². The van der Waals surface area contributed by atoms with Crippen LogP contribution >= 0.6 is 11.3 Å². The molecular formula is C13H19N5O3S. The third-order valence-corrected chi connectivity index (χ3v) is 4.59. The summed E-state index contributed by atoms with van der Waals surface area (Å²) >= 11 is 1.04. The van der Waals surface area contributed by atoms with Gasteiger partial charge in [-0.1, -0.05) is 11.3 Å². The summed E-state index contributed by atoms with van der Waals surface area (Å²) in [5.74, 6) is -0.912. The van der Waals surface area contributed by atoms with Gasteiger partial charge in [-0.25, -0.2) is 4.79 Å². The number of carbonyl (C=O) groups excluding carboxylic acids is 3. The topological polar surface area (TPSA) is 153 Å². The molecule has 1 aromatic rings. The summed E-state index contributed by atoms with van der Waals surface area (Å²) in [5.41, 5.74) is 16.2. The van der Waals surface area contributed by atoms with Crippen molar-refractivity contribution < 1.29 is 14.4 Å². The standard InChI is InChI=1S/C13H19N5O3S/c14-7-3-1-6(2-4-7)11(20)17-9-5-8(10(15)19)12(22-9)18-13(16)21/h5-7H,1-4,14H2,(H2,15,19)(H,17,20)(H3,16,18,21). The lowest BCUT2D eigenvalue weighted by Gasteiger charge is -2.24. The van der Waals surface area contributed by atoms with Crippen LogP contribution in [0.25, 0.3) is 0 Å². The molecule has 1 heterocycles. The molecule has 1 aliphatic rings. The number of carbonyl (C=O) groups is 3. The predicted molar refractivity (Wildman–Crippen MR) is 84.6 cm³/mol. The Morgan fingerprint density at radius 1 is 1.09 bits per heavy atom. The molecule has 0 atom stereocenters. The molecule has 120 valence electrons. The second-order valence-corrected chi connectivity index (χ2v) is 6.36. The Bertz CT molecular complexity index is 592. The Labute approximate surface area is 131 Å². The second-order valence-electron chi connectivity index (χ2n) is 5.31. The Morgan fingerprint density at radius 2 is 1.73 bits per heavy atom. The van der Waals surface area contributed by atoms with E-state index in [-0.39, 0.29) is 28.4 Å². The van der Waals surface area contributed by atoms with Crippen molar-refractivity contribution in [3.63, 3.8) is 0 Å². The lowest BCUT2D eigenvalue weighted by atomic mass is 9.86. The van der Waals surface area contributed by atoms with E-state index in [2.05, 4.69) is 10.6 Å². The normalized spacial score (nSPS) is 21.1. The van der Waals surface area contributed by atoms with E-state index in [1.54, 1.807) is 0 Å². The fourth-order valence-electron chi connectivity index (χ4n) is 2.45. The maximum Gasteiger partial charge on any atom is 0.317 e. The number of primary amides is 2. The minimum absolute atomic E-state index is 0.0912. The summed E-state index contributed by atoms with van der Waals surface area (Å²) in [7, 11) is 0. The van der Waals surface area contributed by atoms with Crippen molar-refractivity contribution in [3.8, 4) is 0 Å². The van der Waals surface area contributed by atoms with Crippen molar-refractivity contribution in [2.24, 2.45) is 23.1 Å². The van der Waals surface area contributed by atoms with Crippen LogP contribution in [0.2, 0.25) is 0 Å². The molecular weight excluding hydrogens is 306 g/mol. The zero-order valence-electron chi connectivity index (χ0n) is 11.9. The van der Waals surface area contributed by atoms with E-state index in [0.717, 1.165) is 37.0 Å². The smallest absolute Gasteiger partial charge is 0.317 e. The Morgan fingerprint density at radius 3 is 2.27 bits per heavy atom. The molecule has 1 fully saturated rings. The number of thiophene rings is 1. The van der Waals surface area contributed by atoms with Gasteiger partial charge in [-0.15, -0.1) is 0 Å². The number of amides is 4. The van der Waals surface area contributed by atoms with E-state index in [1.165, 1.54) is 6.07 Å². The first kappa shape index (κ1) is 16.2. The van der Waals surface area contributed by atoms with Gasteiger partial charge in [-0.2, -0.15) is 0 Å². The number of anilines is 2. The minimum atomic E-state index is -0.802. The van der Waals surface area contributed by atoms with E-state index in [0.29, 0.717) is 5.00 Å². The average Bonchev–Trinajstić information content (AvgIpc) is 2.81. The predicted octanol–water partition coefficient (Wildman–Crippen LogP) is 0.794. The number of hydrogen-bond donors (Lipinski definition) is 5. The lowest BCUT2D eigenvalue weighted by Crippen LogP contribution is -2.32. The molecule has 0 saturated heterocycles. The summed E-state index contributed by atoms with van der Waals surface area (Å²) in [6.07, 6.45) is 3.13. The zero-order valence-corrected chi connectivity index (χ0v) is 12.7. The Balaban J connectivity index is 2.07. The average molecular weight is 325 g/mol. The highest BCUT2D eigenvalue weighted by atomic mass is 32.1. The highest BCUT2D eigenvalue weighted by Crippen LogP contribution is 2.33. The van der Waals surface area contributed by atoms with Gasteiger partial charge in [0, 0.05) is 12.0 Å². The van der Waals surface area contributed by atoms with Crippen LogP contribution in [-0.2, 0) is 4.79 Å². The first-order valence-corrected chi connectivity index (χ1v) is 7.75. The third kappa shape index (κ3) is 3.95. The zero-order chi connectivity index (χ0) is 16.3. The largest absolute Gasteiger partial charge is 0.366 e. The van der Waals surface area contributed by atoms with Crippen molar-refractivity contribution in [2.75, 3.05) is 10.6 Å². The van der Waals surface area contributed by atoms with Crippen LogP contribution in [0.3, 0.4) is 0 Å². The summed E-state index contributed by atoms with van der Waals surface area (Å²) in [5, 5.41) is 5.74. The molecule has 8 N–H and O–H groups in total. The van der Waals surface area contributed by atoms with Crippen molar-refractivity contribution in [1.29, 1.82) is 0 Å². The first-order chi connectivity index (χ1) is 10.4. The second kappa shape index (κ2) is 6.75. The van der Waals surface area contributed by atoms with Gasteiger partial charge in [0.05, 0.1) is 10.6 Å². The molecule has 4 amide bonds. The Kier molecular flexibility index (Phi) is 4.99. The molecule has 2 rings (SSSR count). The molecule has 1 saturated carbocycles. The van der Waals surface area contributed by atoms with Crippen LogP contribution in [0.5, 0.6) is 0 Å². The fourth-order valence-corrected chi connectivity index (χ4v) is 3.41. The van der Waals surface area contributed by atoms with Crippen LogP contribution in [0, 0.1) is 5.92 Å². The maximum absolute atomic E-state index is 12.2. The van der Waals surface area contributed by atoms with E-state index in [4.69, 9.17) is 17.2 Å². The van der Waals surface area contributed by atoms with Crippen molar-refractivity contribution in [1.82, 2.24) is 0 Å². The number of rotatable bonds is 4. The van der Waals surface area contributed by atoms with Gasteiger partial charge in [-0.05, 0) is 31.7 Å². The van der Waals surface area contributed by atoms with Gasteiger partial charge < -0.3 is 22.5 Å². The molecule has 0 aromatic carbocycles. The Hall–Kier alpha value is -2.13. The number of urea groups is 1. The fraction of sp³-hybridized carbons (Fsp3) is 0.462. The van der Waals surface area contributed by atoms with Gasteiger partial charge in [-0.3, -0.25) is 14.9 Å². The molecule has 9 heteroatoms. The van der Waals surface area contributed by atoms with Gasteiger partial charge in [0.1, 0.15) is 5.00 Å². The molecule has 22 heavy (non-hydrogen) atoms. The minimum Gasteiger partial charge on any atom is -0.366 e. The van der Waals surface area contributed by atoms with Crippen LogP contribution in [-0.4, -0.2) is 23.9 Å².